The number of alkyl halides is 3. The van der Waals surface area contributed by atoms with Crippen molar-refractivity contribution in [3.05, 3.63) is 53.6 Å². The molecule has 0 bridgehead atoms. The highest BCUT2D eigenvalue weighted by Crippen LogP contribution is 2.33. The average molecular weight is 380 g/mol. The second kappa shape index (κ2) is 7.87. The Labute approximate surface area is 154 Å². The van der Waals surface area contributed by atoms with E-state index in [4.69, 9.17) is 9.47 Å². The third-order valence-corrected chi connectivity index (χ3v) is 4.00. The van der Waals surface area contributed by atoms with Gasteiger partial charge in [0.25, 0.3) is 0 Å². The topological polar surface area (TPSA) is 50.8 Å². The Morgan fingerprint density at radius 3 is 2.56 bits per heavy atom. The molecule has 1 amide bonds. The molecular weight excluding hydrogens is 361 g/mol. The van der Waals surface area contributed by atoms with Crippen LogP contribution in [0, 0.1) is 0 Å². The summed E-state index contributed by atoms with van der Waals surface area (Å²) in [5, 5.41) is 2.72. The van der Waals surface area contributed by atoms with Gasteiger partial charge in [0.1, 0.15) is 13.2 Å². The SMILES string of the molecule is CN(CC(=O)Nc1ccc2c(c1)OCCO2)Cc1ccccc1C(F)(F)F. The minimum absolute atomic E-state index is 0.00421. The van der Waals surface area contributed by atoms with E-state index in [9.17, 15) is 18.0 Å². The van der Waals surface area contributed by atoms with Gasteiger partial charge in [-0.1, -0.05) is 18.2 Å². The first-order valence-electron chi connectivity index (χ1n) is 8.36. The van der Waals surface area contributed by atoms with Crippen LogP contribution in [0.4, 0.5) is 18.9 Å². The molecule has 0 radical (unpaired) electrons. The number of carbonyl (C=O) groups excluding carboxylic acids is 1. The van der Waals surface area contributed by atoms with Crippen LogP contribution in [0.15, 0.2) is 42.5 Å². The van der Waals surface area contributed by atoms with Gasteiger partial charge in [-0.25, -0.2) is 0 Å². The predicted octanol–water partition coefficient (Wildman–Crippen LogP) is 3.55. The lowest BCUT2D eigenvalue weighted by Gasteiger charge is -2.20. The van der Waals surface area contributed by atoms with Gasteiger partial charge >= 0.3 is 6.18 Å². The molecular formula is C19H19F3N2O3. The van der Waals surface area contributed by atoms with E-state index in [2.05, 4.69) is 5.32 Å². The molecule has 0 spiro atoms. The second-order valence-electron chi connectivity index (χ2n) is 6.23. The number of hydrogen-bond donors (Lipinski definition) is 1. The maximum absolute atomic E-state index is 13.1. The zero-order valence-corrected chi connectivity index (χ0v) is 14.7. The average Bonchev–Trinajstić information content (AvgIpc) is 2.61. The number of rotatable bonds is 5. The predicted molar refractivity (Wildman–Crippen MR) is 93.8 cm³/mol. The lowest BCUT2D eigenvalue weighted by Crippen LogP contribution is -2.30. The highest BCUT2D eigenvalue weighted by atomic mass is 19.4. The Kier molecular flexibility index (Phi) is 5.55. The van der Waals surface area contributed by atoms with E-state index in [1.54, 1.807) is 31.3 Å². The molecule has 0 atom stereocenters. The lowest BCUT2D eigenvalue weighted by atomic mass is 10.1. The normalized spacial score (nSPS) is 13.5. The molecule has 1 N–H and O–H groups in total. The zero-order valence-electron chi connectivity index (χ0n) is 14.7. The van der Waals surface area contributed by atoms with Crippen molar-refractivity contribution in [2.24, 2.45) is 0 Å². The summed E-state index contributed by atoms with van der Waals surface area (Å²) in [6.45, 7) is 0.861. The first kappa shape index (κ1) is 19.0. The largest absolute Gasteiger partial charge is 0.486 e. The van der Waals surface area contributed by atoms with Gasteiger partial charge < -0.3 is 14.8 Å². The molecule has 27 heavy (non-hydrogen) atoms. The molecule has 2 aromatic rings. The van der Waals surface area contributed by atoms with Crippen molar-refractivity contribution in [2.45, 2.75) is 12.7 Å². The van der Waals surface area contributed by atoms with E-state index >= 15 is 0 Å². The maximum atomic E-state index is 13.1. The summed E-state index contributed by atoms with van der Waals surface area (Å²) in [5.74, 6) is 0.824. The Morgan fingerprint density at radius 2 is 1.81 bits per heavy atom. The highest BCUT2D eigenvalue weighted by Gasteiger charge is 2.33. The van der Waals surface area contributed by atoms with Crippen molar-refractivity contribution < 1.29 is 27.4 Å². The number of benzene rings is 2. The molecule has 1 aliphatic rings. The van der Waals surface area contributed by atoms with Crippen molar-refractivity contribution in [2.75, 3.05) is 32.1 Å². The number of carbonyl (C=O) groups is 1. The number of hydrogen-bond acceptors (Lipinski definition) is 4. The van der Waals surface area contributed by atoms with E-state index in [-0.39, 0.29) is 24.6 Å². The fourth-order valence-corrected chi connectivity index (χ4v) is 2.85. The lowest BCUT2D eigenvalue weighted by molar-refractivity contribution is -0.138. The zero-order chi connectivity index (χ0) is 19.4. The summed E-state index contributed by atoms with van der Waals surface area (Å²) >= 11 is 0. The van der Waals surface area contributed by atoms with Crippen molar-refractivity contribution in [3.8, 4) is 11.5 Å². The van der Waals surface area contributed by atoms with Gasteiger partial charge in [0.05, 0.1) is 12.1 Å². The van der Waals surface area contributed by atoms with Crippen LogP contribution in [-0.4, -0.2) is 37.6 Å². The number of nitrogens with zero attached hydrogens (tertiary/aromatic N) is 1. The van der Waals surface area contributed by atoms with E-state index in [0.29, 0.717) is 30.4 Å². The first-order valence-corrected chi connectivity index (χ1v) is 8.36. The number of fused-ring (bicyclic) bond motifs is 1. The van der Waals surface area contributed by atoms with Crippen LogP contribution in [0.1, 0.15) is 11.1 Å². The molecule has 0 fully saturated rings. The molecule has 0 unspecified atom stereocenters. The van der Waals surface area contributed by atoms with Crippen molar-refractivity contribution in [1.82, 2.24) is 4.90 Å². The monoisotopic (exact) mass is 380 g/mol. The Bertz CT molecular complexity index is 824. The van der Waals surface area contributed by atoms with Gasteiger partial charge in [-0.15, -0.1) is 0 Å². The van der Waals surface area contributed by atoms with Crippen LogP contribution in [0.25, 0.3) is 0 Å². The Morgan fingerprint density at radius 1 is 1.11 bits per heavy atom. The van der Waals surface area contributed by atoms with Crippen LogP contribution in [0.3, 0.4) is 0 Å². The molecule has 8 heteroatoms. The fraction of sp³-hybridized carbons (Fsp3) is 0.316. The van der Waals surface area contributed by atoms with Crippen LogP contribution < -0.4 is 14.8 Å². The molecule has 0 aliphatic carbocycles. The Hall–Kier alpha value is -2.74. The number of anilines is 1. The minimum Gasteiger partial charge on any atom is -0.486 e. The van der Waals surface area contributed by atoms with Gasteiger partial charge in [0, 0.05) is 18.3 Å². The molecule has 1 aliphatic heterocycles. The summed E-state index contributed by atoms with van der Waals surface area (Å²) in [7, 11) is 1.59. The molecule has 0 aromatic heterocycles. The Balaban J connectivity index is 1.60. The number of amides is 1. The maximum Gasteiger partial charge on any atom is 0.416 e. The minimum atomic E-state index is -4.43. The van der Waals surface area contributed by atoms with Crippen LogP contribution >= 0.6 is 0 Å². The second-order valence-corrected chi connectivity index (χ2v) is 6.23. The van der Waals surface area contributed by atoms with E-state index in [1.807, 2.05) is 0 Å². The van der Waals surface area contributed by atoms with Crippen molar-refractivity contribution in [1.29, 1.82) is 0 Å². The standard InChI is InChI=1S/C19H19F3N2O3/c1-24(11-13-4-2-3-5-15(13)19(20,21)22)12-18(25)23-14-6-7-16-17(10-14)27-9-8-26-16/h2-7,10H,8-9,11-12H2,1H3,(H,23,25). The third-order valence-electron chi connectivity index (χ3n) is 4.00. The van der Waals surface area contributed by atoms with E-state index in [1.165, 1.54) is 17.0 Å². The summed E-state index contributed by atoms with van der Waals surface area (Å²) in [5.41, 5.74) is -0.0305. The number of likely N-dealkylation sites (N-methyl/N-ethyl adjacent to an activating group) is 1. The van der Waals surface area contributed by atoms with Crippen molar-refractivity contribution in [3.63, 3.8) is 0 Å². The molecule has 1 heterocycles. The molecule has 3 rings (SSSR count). The molecule has 0 saturated heterocycles. The van der Waals surface area contributed by atoms with Crippen LogP contribution in [-0.2, 0) is 17.5 Å². The quantitative estimate of drug-likeness (QED) is 0.862. The van der Waals surface area contributed by atoms with E-state index < -0.39 is 11.7 Å². The summed E-state index contributed by atoms with van der Waals surface area (Å²) in [6, 6.07) is 10.4. The summed E-state index contributed by atoms with van der Waals surface area (Å²) in [4.78, 5) is 13.7. The van der Waals surface area contributed by atoms with Gasteiger partial charge in [-0.2, -0.15) is 13.2 Å². The fourth-order valence-electron chi connectivity index (χ4n) is 2.85. The van der Waals surface area contributed by atoms with Crippen molar-refractivity contribution >= 4 is 11.6 Å². The smallest absolute Gasteiger partial charge is 0.416 e. The molecule has 144 valence electrons. The van der Waals surface area contributed by atoms with Gasteiger partial charge in [-0.3, -0.25) is 9.69 Å². The van der Waals surface area contributed by atoms with Gasteiger partial charge in [0.2, 0.25) is 5.91 Å². The van der Waals surface area contributed by atoms with Crippen LogP contribution in [0.2, 0.25) is 0 Å². The van der Waals surface area contributed by atoms with E-state index in [0.717, 1.165) is 6.07 Å². The van der Waals surface area contributed by atoms with Gasteiger partial charge in [0.15, 0.2) is 11.5 Å². The number of nitrogens with one attached hydrogen (secondary N) is 1. The summed E-state index contributed by atoms with van der Waals surface area (Å²) < 4.78 is 50.1. The molecule has 2 aromatic carbocycles. The van der Waals surface area contributed by atoms with Gasteiger partial charge in [-0.05, 0) is 30.8 Å². The molecule has 5 nitrogen and oxygen atoms in total. The van der Waals surface area contributed by atoms with Crippen LogP contribution in [0.5, 0.6) is 11.5 Å². The number of halogens is 3. The summed E-state index contributed by atoms with van der Waals surface area (Å²) in [6.07, 6.45) is -4.43. The number of ether oxygens (including phenoxy) is 2. The first-order chi connectivity index (χ1) is 12.8. The molecule has 0 saturated carbocycles. The highest BCUT2D eigenvalue weighted by molar-refractivity contribution is 5.92. The third kappa shape index (κ3) is 4.91.